The molecule has 0 aromatic rings. The van der Waals surface area contributed by atoms with Crippen LogP contribution in [0.15, 0.2) is 0 Å². The molecule has 0 aromatic carbocycles. The van der Waals surface area contributed by atoms with Crippen molar-refractivity contribution in [3.63, 3.8) is 0 Å². The van der Waals surface area contributed by atoms with Crippen molar-refractivity contribution in [2.24, 2.45) is 11.7 Å². The number of hydrogen-bond donors (Lipinski definition) is 3. The molecule has 20 heavy (non-hydrogen) atoms. The zero-order valence-corrected chi connectivity index (χ0v) is 10.2. The van der Waals surface area contributed by atoms with Crippen LogP contribution in [0.25, 0.3) is 0 Å². The fourth-order valence-corrected chi connectivity index (χ4v) is 0.898. The van der Waals surface area contributed by atoms with E-state index in [1.165, 1.54) is 5.32 Å². The molecule has 0 bridgehead atoms. The Kier molecular flexibility index (Phi) is 5.85. The van der Waals surface area contributed by atoms with E-state index in [1.807, 2.05) is 5.32 Å². The maximum absolute atomic E-state index is 12.5. The van der Waals surface area contributed by atoms with Gasteiger partial charge in [0.05, 0.1) is 13.1 Å². The van der Waals surface area contributed by atoms with Crippen LogP contribution in [0, 0.1) is 5.92 Å². The SMILES string of the molecule is CC(C(=O)NCC(N)=O)C(=O)NCC(F)(F)C(F)(F)F. The van der Waals surface area contributed by atoms with Crippen molar-refractivity contribution in [3.8, 4) is 0 Å². The van der Waals surface area contributed by atoms with E-state index in [4.69, 9.17) is 5.73 Å². The zero-order valence-electron chi connectivity index (χ0n) is 10.2. The number of hydrogen-bond acceptors (Lipinski definition) is 3. The van der Waals surface area contributed by atoms with Gasteiger partial charge in [0.1, 0.15) is 5.92 Å². The summed E-state index contributed by atoms with van der Waals surface area (Å²) in [6, 6.07) is 0. The second-order valence-electron chi connectivity index (χ2n) is 3.83. The van der Waals surface area contributed by atoms with Crippen LogP contribution < -0.4 is 16.4 Å². The van der Waals surface area contributed by atoms with Crippen molar-refractivity contribution >= 4 is 17.7 Å². The van der Waals surface area contributed by atoms with Gasteiger partial charge < -0.3 is 16.4 Å². The van der Waals surface area contributed by atoms with Gasteiger partial charge in [-0.2, -0.15) is 22.0 Å². The average molecular weight is 305 g/mol. The summed E-state index contributed by atoms with van der Waals surface area (Å²) in [6.45, 7) is -1.60. The molecule has 0 radical (unpaired) electrons. The third-order valence-corrected chi connectivity index (χ3v) is 2.12. The first kappa shape index (κ1) is 18.1. The van der Waals surface area contributed by atoms with Crippen molar-refractivity contribution in [2.45, 2.75) is 19.0 Å². The molecule has 0 rings (SSSR count). The van der Waals surface area contributed by atoms with Gasteiger partial charge in [-0.05, 0) is 6.92 Å². The van der Waals surface area contributed by atoms with Gasteiger partial charge in [0.2, 0.25) is 17.7 Å². The second kappa shape index (κ2) is 6.48. The van der Waals surface area contributed by atoms with Gasteiger partial charge >= 0.3 is 12.1 Å². The van der Waals surface area contributed by atoms with Crippen LogP contribution in [0.1, 0.15) is 6.92 Å². The number of primary amides is 1. The molecule has 116 valence electrons. The molecule has 11 heteroatoms. The molecular weight excluding hydrogens is 293 g/mol. The molecule has 0 aliphatic heterocycles. The third kappa shape index (κ3) is 5.36. The molecular formula is C9H12F5N3O3. The van der Waals surface area contributed by atoms with E-state index in [9.17, 15) is 36.3 Å². The Morgan fingerprint density at radius 3 is 1.90 bits per heavy atom. The summed E-state index contributed by atoms with van der Waals surface area (Å²) in [5.41, 5.74) is 4.70. The van der Waals surface area contributed by atoms with Crippen molar-refractivity contribution in [1.29, 1.82) is 0 Å². The number of alkyl halides is 5. The Morgan fingerprint density at radius 2 is 1.50 bits per heavy atom. The van der Waals surface area contributed by atoms with Crippen LogP contribution in [0.5, 0.6) is 0 Å². The van der Waals surface area contributed by atoms with Crippen molar-refractivity contribution in [2.75, 3.05) is 13.1 Å². The van der Waals surface area contributed by atoms with Gasteiger partial charge in [-0.1, -0.05) is 0 Å². The lowest BCUT2D eigenvalue weighted by atomic mass is 10.1. The first-order valence-corrected chi connectivity index (χ1v) is 5.16. The van der Waals surface area contributed by atoms with Gasteiger partial charge in [0, 0.05) is 0 Å². The van der Waals surface area contributed by atoms with Gasteiger partial charge in [-0.3, -0.25) is 14.4 Å². The quantitative estimate of drug-likeness (QED) is 0.457. The molecule has 0 fully saturated rings. The van der Waals surface area contributed by atoms with E-state index in [2.05, 4.69) is 0 Å². The van der Waals surface area contributed by atoms with Crippen LogP contribution in [-0.4, -0.2) is 42.9 Å². The highest BCUT2D eigenvalue weighted by Gasteiger charge is 2.57. The van der Waals surface area contributed by atoms with Gasteiger partial charge in [0.25, 0.3) is 0 Å². The molecule has 3 amide bonds. The summed E-state index contributed by atoms with van der Waals surface area (Å²) < 4.78 is 60.5. The largest absolute Gasteiger partial charge is 0.455 e. The van der Waals surface area contributed by atoms with E-state index in [-0.39, 0.29) is 0 Å². The van der Waals surface area contributed by atoms with Crippen molar-refractivity contribution in [3.05, 3.63) is 0 Å². The van der Waals surface area contributed by atoms with Crippen LogP contribution in [0.3, 0.4) is 0 Å². The molecule has 0 aliphatic rings. The summed E-state index contributed by atoms with van der Waals surface area (Å²) >= 11 is 0. The molecule has 0 spiro atoms. The predicted molar refractivity (Wildman–Crippen MR) is 55.4 cm³/mol. The molecule has 1 unspecified atom stereocenters. The number of rotatable bonds is 6. The topological polar surface area (TPSA) is 101 Å². The Morgan fingerprint density at radius 1 is 1.05 bits per heavy atom. The van der Waals surface area contributed by atoms with Crippen LogP contribution >= 0.6 is 0 Å². The fourth-order valence-electron chi connectivity index (χ4n) is 0.898. The minimum absolute atomic E-state index is 0.588. The number of amides is 3. The number of carbonyl (C=O) groups is 3. The molecule has 6 nitrogen and oxygen atoms in total. The Balaban J connectivity index is 4.41. The molecule has 0 aliphatic carbocycles. The second-order valence-corrected chi connectivity index (χ2v) is 3.83. The van der Waals surface area contributed by atoms with E-state index >= 15 is 0 Å². The summed E-state index contributed by atoms with van der Waals surface area (Å²) in [5, 5.41) is 3.22. The smallest absolute Gasteiger partial charge is 0.368 e. The third-order valence-electron chi connectivity index (χ3n) is 2.12. The van der Waals surface area contributed by atoms with Crippen LogP contribution in [0.4, 0.5) is 22.0 Å². The zero-order chi connectivity index (χ0) is 16.1. The molecule has 0 aromatic heterocycles. The first-order valence-electron chi connectivity index (χ1n) is 5.16. The van der Waals surface area contributed by atoms with Gasteiger partial charge in [0.15, 0.2) is 0 Å². The molecule has 0 saturated carbocycles. The minimum atomic E-state index is -5.81. The average Bonchev–Trinajstić information content (AvgIpc) is 2.30. The predicted octanol–water partition coefficient (Wildman–Crippen LogP) is -0.462. The van der Waals surface area contributed by atoms with Crippen LogP contribution in [0.2, 0.25) is 0 Å². The van der Waals surface area contributed by atoms with E-state index in [1.54, 1.807) is 0 Å². The lowest BCUT2D eigenvalue weighted by Gasteiger charge is -2.20. The number of nitrogens with two attached hydrogens (primary N) is 1. The number of halogens is 5. The molecule has 4 N–H and O–H groups in total. The molecule has 0 saturated heterocycles. The van der Waals surface area contributed by atoms with Crippen LogP contribution in [-0.2, 0) is 14.4 Å². The fraction of sp³-hybridized carbons (Fsp3) is 0.667. The van der Waals surface area contributed by atoms with E-state index in [0.29, 0.717) is 0 Å². The lowest BCUT2D eigenvalue weighted by Crippen LogP contribution is -2.49. The highest BCUT2D eigenvalue weighted by molar-refractivity contribution is 6.00. The summed E-state index contributed by atoms with van der Waals surface area (Å²) in [6.07, 6.45) is -5.81. The first-order chi connectivity index (χ1) is 8.88. The van der Waals surface area contributed by atoms with Crippen molar-refractivity contribution in [1.82, 2.24) is 10.6 Å². The molecule has 1 atom stereocenters. The number of nitrogens with one attached hydrogen (secondary N) is 2. The minimum Gasteiger partial charge on any atom is -0.368 e. The maximum atomic E-state index is 12.5. The highest BCUT2D eigenvalue weighted by atomic mass is 19.4. The number of carbonyl (C=O) groups excluding carboxylic acids is 3. The van der Waals surface area contributed by atoms with Crippen molar-refractivity contribution < 1.29 is 36.3 Å². The van der Waals surface area contributed by atoms with E-state index < -0.39 is 48.8 Å². The van der Waals surface area contributed by atoms with E-state index in [0.717, 1.165) is 6.92 Å². The van der Waals surface area contributed by atoms with Gasteiger partial charge in [-0.25, -0.2) is 0 Å². The Labute approximate surface area is 109 Å². The normalized spacial score (nSPS) is 13.5. The van der Waals surface area contributed by atoms with Gasteiger partial charge in [-0.15, -0.1) is 0 Å². The maximum Gasteiger partial charge on any atom is 0.455 e. The lowest BCUT2D eigenvalue weighted by molar-refractivity contribution is -0.278. The summed E-state index contributed by atoms with van der Waals surface area (Å²) in [4.78, 5) is 32.8. The Hall–Kier alpha value is -1.94. The highest BCUT2D eigenvalue weighted by Crippen LogP contribution is 2.34. The monoisotopic (exact) mass is 305 g/mol. The summed E-state index contributed by atoms with van der Waals surface area (Å²) in [7, 11) is 0. The Bertz CT molecular complexity index is 397. The standard InChI is InChI=1S/C9H12F5N3O3/c1-4(6(19)16-2-5(15)18)7(20)17-3-8(10,11)9(12,13)14/h4H,2-3H2,1H3,(H2,15,18)(H,16,19)(H,17,20). The summed E-state index contributed by atoms with van der Waals surface area (Å²) in [5.74, 6) is -9.94. The molecule has 0 heterocycles.